The Labute approximate surface area is 94.2 Å². The Kier molecular flexibility index (Phi) is 3.48. The van der Waals surface area contributed by atoms with Gasteiger partial charge in [-0.25, -0.2) is 0 Å². The first-order valence-corrected chi connectivity index (χ1v) is 5.81. The Bertz CT molecular complexity index is 337. The molecule has 1 amide bonds. The third-order valence-electron chi connectivity index (χ3n) is 3.23. The zero-order valence-electron chi connectivity index (χ0n) is 9.44. The van der Waals surface area contributed by atoms with E-state index in [9.17, 15) is 4.79 Å². The molecule has 0 saturated heterocycles. The molecule has 2 unspecified atom stereocenters. The van der Waals surface area contributed by atoms with E-state index in [0.717, 1.165) is 6.42 Å². The van der Waals surface area contributed by atoms with E-state index in [-0.39, 0.29) is 17.8 Å². The van der Waals surface area contributed by atoms with Crippen molar-refractivity contribution < 1.29 is 4.79 Å². The summed E-state index contributed by atoms with van der Waals surface area (Å²) in [5.41, 5.74) is 0. The molecule has 0 bridgehead atoms. The molecule has 0 aromatic carbocycles. The molecular formula is C10H17N5O. The Morgan fingerprint density at radius 3 is 2.94 bits per heavy atom. The fourth-order valence-corrected chi connectivity index (χ4v) is 2.20. The quantitative estimate of drug-likeness (QED) is 0.729. The molecule has 1 saturated carbocycles. The zero-order valence-corrected chi connectivity index (χ0v) is 9.44. The molecule has 0 aliphatic heterocycles. The average molecular weight is 223 g/mol. The number of rotatable bonds is 2. The van der Waals surface area contributed by atoms with Crippen molar-refractivity contribution in [2.24, 2.45) is 5.92 Å². The van der Waals surface area contributed by atoms with Crippen LogP contribution in [-0.4, -0.2) is 32.6 Å². The number of H-pyrrole nitrogens is 1. The van der Waals surface area contributed by atoms with Gasteiger partial charge in [0.05, 0.1) is 0 Å². The molecule has 1 aromatic rings. The van der Waals surface area contributed by atoms with Crippen LogP contribution in [0, 0.1) is 5.92 Å². The highest BCUT2D eigenvalue weighted by Crippen LogP contribution is 2.22. The molecule has 1 fully saturated rings. The first-order chi connectivity index (χ1) is 7.77. The second-order valence-corrected chi connectivity index (χ2v) is 4.43. The smallest absolute Gasteiger partial charge is 0.293 e. The number of nitrogens with one attached hydrogen (secondary N) is 2. The third-order valence-corrected chi connectivity index (χ3v) is 3.23. The van der Waals surface area contributed by atoms with E-state index < -0.39 is 0 Å². The van der Waals surface area contributed by atoms with Gasteiger partial charge in [0.2, 0.25) is 0 Å². The van der Waals surface area contributed by atoms with Crippen LogP contribution in [0.5, 0.6) is 0 Å². The molecule has 0 radical (unpaired) electrons. The van der Waals surface area contributed by atoms with E-state index in [1.54, 1.807) is 0 Å². The van der Waals surface area contributed by atoms with Crippen LogP contribution in [0.3, 0.4) is 0 Å². The Hall–Kier alpha value is -1.46. The maximum absolute atomic E-state index is 11.7. The minimum atomic E-state index is -0.229. The van der Waals surface area contributed by atoms with Crippen molar-refractivity contribution in [1.82, 2.24) is 25.9 Å². The van der Waals surface area contributed by atoms with Gasteiger partial charge in [-0.3, -0.25) is 4.79 Å². The predicted molar refractivity (Wildman–Crippen MR) is 57.7 cm³/mol. The molecule has 1 aliphatic rings. The van der Waals surface area contributed by atoms with Gasteiger partial charge in [-0.15, -0.1) is 10.2 Å². The highest BCUT2D eigenvalue weighted by Gasteiger charge is 2.23. The van der Waals surface area contributed by atoms with E-state index >= 15 is 0 Å². The number of aromatic amines is 1. The van der Waals surface area contributed by atoms with Crippen LogP contribution >= 0.6 is 0 Å². The summed E-state index contributed by atoms with van der Waals surface area (Å²) in [6.45, 7) is 2.19. The molecule has 16 heavy (non-hydrogen) atoms. The van der Waals surface area contributed by atoms with E-state index in [0.29, 0.717) is 5.92 Å². The van der Waals surface area contributed by atoms with Crippen molar-refractivity contribution in [3.63, 3.8) is 0 Å². The summed E-state index contributed by atoms with van der Waals surface area (Å²) in [7, 11) is 0. The van der Waals surface area contributed by atoms with Gasteiger partial charge in [0.25, 0.3) is 11.7 Å². The lowest BCUT2D eigenvalue weighted by Crippen LogP contribution is -2.39. The molecule has 88 valence electrons. The van der Waals surface area contributed by atoms with Crippen molar-refractivity contribution in [2.75, 3.05) is 0 Å². The number of tetrazole rings is 1. The second kappa shape index (κ2) is 5.05. The molecule has 1 aromatic heterocycles. The van der Waals surface area contributed by atoms with Crippen LogP contribution < -0.4 is 5.32 Å². The highest BCUT2D eigenvalue weighted by atomic mass is 16.2. The topological polar surface area (TPSA) is 83.6 Å². The number of aromatic nitrogens is 4. The first-order valence-electron chi connectivity index (χ1n) is 5.81. The van der Waals surface area contributed by atoms with Gasteiger partial charge in [0, 0.05) is 6.04 Å². The maximum Gasteiger partial charge on any atom is 0.293 e. The van der Waals surface area contributed by atoms with Gasteiger partial charge >= 0.3 is 0 Å². The first kappa shape index (κ1) is 11.0. The normalized spacial score (nSPS) is 26.1. The summed E-state index contributed by atoms with van der Waals surface area (Å²) >= 11 is 0. The van der Waals surface area contributed by atoms with Crippen LogP contribution in [0.4, 0.5) is 0 Å². The van der Waals surface area contributed by atoms with Gasteiger partial charge < -0.3 is 5.32 Å². The lowest BCUT2D eigenvalue weighted by molar-refractivity contribution is 0.0911. The predicted octanol–water partition coefficient (Wildman–Crippen LogP) is 0.898. The summed E-state index contributed by atoms with van der Waals surface area (Å²) < 4.78 is 0. The lowest BCUT2D eigenvalue weighted by atomic mass is 9.97. The summed E-state index contributed by atoms with van der Waals surface area (Å²) in [5, 5.41) is 16.0. The molecule has 1 aliphatic carbocycles. The zero-order chi connectivity index (χ0) is 11.4. The van der Waals surface area contributed by atoms with Gasteiger partial charge in [-0.05, 0) is 24.0 Å². The molecule has 1 heterocycles. The molecule has 6 heteroatoms. The average Bonchev–Trinajstić information content (AvgIpc) is 2.73. The molecular weight excluding hydrogens is 206 g/mol. The van der Waals surface area contributed by atoms with Crippen LogP contribution in [0.1, 0.15) is 49.6 Å². The SMILES string of the molecule is CC1CCCCCC1NC(=O)c1nn[nH]n1. The summed E-state index contributed by atoms with van der Waals surface area (Å²) in [6, 6.07) is 0.244. The number of hydrogen-bond donors (Lipinski definition) is 2. The lowest BCUT2D eigenvalue weighted by Gasteiger charge is -2.21. The van der Waals surface area contributed by atoms with Crippen molar-refractivity contribution in [3.8, 4) is 0 Å². The highest BCUT2D eigenvalue weighted by molar-refractivity contribution is 5.90. The van der Waals surface area contributed by atoms with Crippen LogP contribution in [-0.2, 0) is 0 Å². The van der Waals surface area contributed by atoms with E-state index in [2.05, 4.69) is 32.9 Å². The van der Waals surface area contributed by atoms with Crippen molar-refractivity contribution in [3.05, 3.63) is 5.82 Å². The fraction of sp³-hybridized carbons (Fsp3) is 0.800. The third kappa shape index (κ3) is 2.56. The summed E-state index contributed by atoms with van der Waals surface area (Å²) in [5.74, 6) is 0.419. The minimum Gasteiger partial charge on any atom is -0.346 e. The Balaban J connectivity index is 1.95. The standard InChI is InChI=1S/C10H17N5O/c1-7-5-3-2-4-6-8(7)11-10(16)9-12-14-15-13-9/h7-8H,2-6H2,1H3,(H,11,16)(H,12,13,14,15). The molecule has 2 N–H and O–H groups in total. The van der Waals surface area contributed by atoms with E-state index in [4.69, 9.17) is 0 Å². The van der Waals surface area contributed by atoms with Crippen molar-refractivity contribution in [2.45, 2.75) is 45.1 Å². The monoisotopic (exact) mass is 223 g/mol. The summed E-state index contributed by atoms with van der Waals surface area (Å²) in [4.78, 5) is 11.7. The van der Waals surface area contributed by atoms with Gasteiger partial charge in [-0.1, -0.05) is 26.2 Å². The number of nitrogens with zero attached hydrogens (tertiary/aromatic N) is 3. The molecule has 2 atom stereocenters. The van der Waals surface area contributed by atoms with Gasteiger partial charge in [-0.2, -0.15) is 5.21 Å². The van der Waals surface area contributed by atoms with Crippen LogP contribution in [0.15, 0.2) is 0 Å². The summed E-state index contributed by atoms with van der Waals surface area (Å²) in [6.07, 6.45) is 5.93. The van der Waals surface area contributed by atoms with Gasteiger partial charge in [0.15, 0.2) is 0 Å². The van der Waals surface area contributed by atoms with Crippen molar-refractivity contribution in [1.29, 1.82) is 0 Å². The van der Waals surface area contributed by atoms with Crippen LogP contribution in [0.25, 0.3) is 0 Å². The number of carbonyl (C=O) groups is 1. The largest absolute Gasteiger partial charge is 0.346 e. The Morgan fingerprint density at radius 2 is 2.19 bits per heavy atom. The second-order valence-electron chi connectivity index (χ2n) is 4.43. The molecule has 6 nitrogen and oxygen atoms in total. The minimum absolute atomic E-state index is 0.122. The van der Waals surface area contributed by atoms with E-state index in [1.807, 2.05) is 0 Å². The number of carbonyl (C=O) groups excluding carboxylic acids is 1. The molecule has 0 spiro atoms. The number of amides is 1. The fourth-order valence-electron chi connectivity index (χ4n) is 2.20. The Morgan fingerprint density at radius 1 is 1.38 bits per heavy atom. The maximum atomic E-state index is 11.7. The van der Waals surface area contributed by atoms with Gasteiger partial charge in [0.1, 0.15) is 0 Å². The van der Waals surface area contributed by atoms with Crippen LogP contribution in [0.2, 0.25) is 0 Å². The molecule has 2 rings (SSSR count). The number of hydrogen-bond acceptors (Lipinski definition) is 4. The van der Waals surface area contributed by atoms with E-state index in [1.165, 1.54) is 25.7 Å². The van der Waals surface area contributed by atoms with Crippen molar-refractivity contribution >= 4 is 5.91 Å².